The van der Waals surface area contributed by atoms with E-state index in [0.717, 1.165) is 5.56 Å². The number of allylic oxidation sites excluding steroid dienone is 1. The predicted octanol–water partition coefficient (Wildman–Crippen LogP) is 3.16. The van der Waals surface area contributed by atoms with Crippen molar-refractivity contribution >= 4 is 23.4 Å². The van der Waals surface area contributed by atoms with Gasteiger partial charge in [-0.1, -0.05) is 29.8 Å². The summed E-state index contributed by atoms with van der Waals surface area (Å²) in [5, 5.41) is 0.290. The fraction of sp³-hybridized carbons (Fsp3) is 0.158. The largest absolute Gasteiger partial charge is 0.493 e. The molecule has 2 N–H and O–H groups in total. The third kappa shape index (κ3) is 4.34. The highest BCUT2D eigenvalue weighted by atomic mass is 35.5. The van der Waals surface area contributed by atoms with Crippen molar-refractivity contribution in [3.8, 4) is 11.5 Å². The molecule has 2 amide bonds. The van der Waals surface area contributed by atoms with Crippen LogP contribution in [-0.2, 0) is 6.42 Å². The minimum atomic E-state index is -0.518. The number of methoxy groups -OCH3 is 2. The molecule has 0 atom stereocenters. The molecule has 0 aliphatic carbocycles. The number of rotatable bonds is 6. The van der Waals surface area contributed by atoms with Crippen molar-refractivity contribution in [1.82, 2.24) is 10.9 Å². The molecule has 0 bridgehead atoms. The Morgan fingerprint density at radius 2 is 1.81 bits per heavy atom. The predicted molar refractivity (Wildman–Crippen MR) is 99.8 cm³/mol. The average Bonchev–Trinajstić information content (AvgIpc) is 2.65. The summed E-state index contributed by atoms with van der Waals surface area (Å²) in [5.74, 6) is -0.0779. The second-order valence-corrected chi connectivity index (χ2v) is 5.66. The number of hydrogen-bond donors (Lipinski definition) is 2. The third-order valence-corrected chi connectivity index (χ3v) is 3.92. The van der Waals surface area contributed by atoms with Gasteiger partial charge in [0.1, 0.15) is 0 Å². The highest BCUT2D eigenvalue weighted by Crippen LogP contribution is 2.33. The molecule has 136 valence electrons. The van der Waals surface area contributed by atoms with Crippen LogP contribution in [0, 0.1) is 0 Å². The molecule has 0 radical (unpaired) electrons. The fourth-order valence-corrected chi connectivity index (χ4v) is 2.60. The lowest BCUT2D eigenvalue weighted by atomic mass is 10.1. The molecule has 0 heterocycles. The maximum absolute atomic E-state index is 12.4. The van der Waals surface area contributed by atoms with Crippen LogP contribution in [0.25, 0.3) is 0 Å². The molecule has 6 nitrogen and oxygen atoms in total. The van der Waals surface area contributed by atoms with Crippen LogP contribution in [0.4, 0.5) is 0 Å². The summed E-state index contributed by atoms with van der Waals surface area (Å²) in [7, 11) is 3.00. The Balaban J connectivity index is 2.19. The Bertz CT molecular complexity index is 836. The van der Waals surface area contributed by atoms with Gasteiger partial charge in [0.05, 0.1) is 24.8 Å². The van der Waals surface area contributed by atoms with E-state index in [4.69, 9.17) is 21.1 Å². The molecule has 0 unspecified atom stereocenters. The van der Waals surface area contributed by atoms with Gasteiger partial charge >= 0.3 is 0 Å². The highest BCUT2D eigenvalue weighted by Gasteiger charge is 2.17. The van der Waals surface area contributed by atoms with E-state index in [0.29, 0.717) is 28.5 Å². The van der Waals surface area contributed by atoms with Crippen molar-refractivity contribution in [2.24, 2.45) is 0 Å². The average molecular weight is 375 g/mol. The second-order valence-electron chi connectivity index (χ2n) is 5.25. The van der Waals surface area contributed by atoms with Crippen molar-refractivity contribution in [3.63, 3.8) is 0 Å². The van der Waals surface area contributed by atoms with E-state index >= 15 is 0 Å². The van der Waals surface area contributed by atoms with E-state index < -0.39 is 11.8 Å². The number of ether oxygens (including phenoxy) is 2. The second kappa shape index (κ2) is 8.92. The number of halogens is 1. The van der Waals surface area contributed by atoms with Gasteiger partial charge in [-0.15, -0.1) is 6.58 Å². The summed E-state index contributed by atoms with van der Waals surface area (Å²) in [6.07, 6.45) is 2.19. The SMILES string of the molecule is C=CCc1cc(C(=O)NNC(=O)c2ccccc2Cl)cc(OC)c1OC. The maximum atomic E-state index is 12.4. The first-order chi connectivity index (χ1) is 12.5. The molecule has 7 heteroatoms. The van der Waals surface area contributed by atoms with Gasteiger partial charge in [-0.3, -0.25) is 20.4 Å². The van der Waals surface area contributed by atoms with Crippen molar-refractivity contribution in [2.75, 3.05) is 14.2 Å². The minimum Gasteiger partial charge on any atom is -0.493 e. The van der Waals surface area contributed by atoms with Crippen LogP contribution in [-0.4, -0.2) is 26.0 Å². The topological polar surface area (TPSA) is 76.7 Å². The Kier molecular flexibility index (Phi) is 6.63. The quantitative estimate of drug-likeness (QED) is 0.601. The Labute approximate surface area is 156 Å². The molecule has 26 heavy (non-hydrogen) atoms. The first-order valence-electron chi connectivity index (χ1n) is 7.72. The summed E-state index contributed by atoms with van der Waals surface area (Å²) in [4.78, 5) is 24.5. The Morgan fingerprint density at radius 1 is 1.12 bits per heavy atom. The summed E-state index contributed by atoms with van der Waals surface area (Å²) in [5.41, 5.74) is 6.01. The van der Waals surface area contributed by atoms with E-state index in [1.165, 1.54) is 20.3 Å². The smallest absolute Gasteiger partial charge is 0.271 e. The molecule has 0 aliphatic rings. The third-order valence-electron chi connectivity index (χ3n) is 3.59. The monoisotopic (exact) mass is 374 g/mol. The standard InChI is InChI=1S/C19H19ClN2O4/c1-4-7-12-10-13(11-16(25-2)17(12)26-3)18(23)21-22-19(24)14-8-5-6-9-15(14)20/h4-6,8-11H,1,7H2,2-3H3,(H,21,23)(H,22,24). The molecule has 0 aromatic heterocycles. The van der Waals surface area contributed by atoms with Crippen molar-refractivity contribution in [1.29, 1.82) is 0 Å². The summed E-state index contributed by atoms with van der Waals surface area (Å²) >= 11 is 5.97. The van der Waals surface area contributed by atoms with Crippen LogP contribution in [0.1, 0.15) is 26.3 Å². The molecule has 2 rings (SSSR count). The first-order valence-corrected chi connectivity index (χ1v) is 8.10. The fourth-order valence-electron chi connectivity index (χ4n) is 2.38. The van der Waals surface area contributed by atoms with Crippen molar-refractivity contribution in [3.05, 3.63) is 70.8 Å². The molecule has 0 fully saturated rings. The molecular formula is C19H19ClN2O4. The van der Waals surface area contributed by atoms with Crippen LogP contribution >= 0.6 is 11.6 Å². The summed E-state index contributed by atoms with van der Waals surface area (Å²) in [6, 6.07) is 9.72. The molecule has 0 saturated carbocycles. The van der Waals surface area contributed by atoms with E-state index in [1.54, 1.807) is 36.4 Å². The number of hydrazine groups is 1. The Hall–Kier alpha value is -2.99. The highest BCUT2D eigenvalue weighted by molar-refractivity contribution is 6.33. The molecular weight excluding hydrogens is 356 g/mol. The molecule has 0 spiro atoms. The van der Waals surface area contributed by atoms with Crippen molar-refractivity contribution < 1.29 is 19.1 Å². The lowest BCUT2D eigenvalue weighted by Crippen LogP contribution is -2.41. The van der Waals surface area contributed by atoms with Gasteiger partial charge < -0.3 is 9.47 Å². The first kappa shape index (κ1) is 19.3. The molecule has 0 aliphatic heterocycles. The Morgan fingerprint density at radius 3 is 2.42 bits per heavy atom. The minimum absolute atomic E-state index is 0.258. The zero-order chi connectivity index (χ0) is 19.1. The van der Waals surface area contributed by atoms with Crippen LogP contribution in [0.3, 0.4) is 0 Å². The van der Waals surface area contributed by atoms with Gasteiger partial charge in [0.25, 0.3) is 11.8 Å². The van der Waals surface area contributed by atoms with Crippen LogP contribution in [0.2, 0.25) is 5.02 Å². The van der Waals surface area contributed by atoms with E-state index in [1.807, 2.05) is 0 Å². The van der Waals surface area contributed by atoms with Gasteiger partial charge in [0.2, 0.25) is 0 Å². The van der Waals surface area contributed by atoms with E-state index in [-0.39, 0.29) is 5.56 Å². The number of carbonyl (C=O) groups excluding carboxylic acids is 2. The molecule has 2 aromatic carbocycles. The molecule has 2 aromatic rings. The summed E-state index contributed by atoms with van der Waals surface area (Å²) in [6.45, 7) is 3.70. The summed E-state index contributed by atoms with van der Waals surface area (Å²) < 4.78 is 10.6. The van der Waals surface area contributed by atoms with E-state index in [2.05, 4.69) is 17.4 Å². The number of amides is 2. The van der Waals surface area contributed by atoms with Gasteiger partial charge in [0, 0.05) is 11.1 Å². The van der Waals surface area contributed by atoms with Gasteiger partial charge in [-0.2, -0.15) is 0 Å². The normalized spacial score (nSPS) is 9.96. The van der Waals surface area contributed by atoms with Gasteiger partial charge in [-0.05, 0) is 30.7 Å². The van der Waals surface area contributed by atoms with Crippen molar-refractivity contribution in [2.45, 2.75) is 6.42 Å². The molecule has 0 saturated heterocycles. The number of hydrogen-bond acceptors (Lipinski definition) is 4. The zero-order valence-corrected chi connectivity index (χ0v) is 15.2. The number of carbonyl (C=O) groups is 2. The van der Waals surface area contributed by atoms with Crippen LogP contribution in [0.5, 0.6) is 11.5 Å². The lowest BCUT2D eigenvalue weighted by Gasteiger charge is -2.14. The van der Waals surface area contributed by atoms with E-state index in [9.17, 15) is 9.59 Å². The van der Waals surface area contributed by atoms with Crippen LogP contribution in [0.15, 0.2) is 49.1 Å². The number of benzene rings is 2. The zero-order valence-electron chi connectivity index (χ0n) is 14.5. The maximum Gasteiger partial charge on any atom is 0.271 e. The van der Waals surface area contributed by atoms with Gasteiger partial charge in [-0.25, -0.2) is 0 Å². The lowest BCUT2D eigenvalue weighted by molar-refractivity contribution is 0.0846. The van der Waals surface area contributed by atoms with Crippen LogP contribution < -0.4 is 20.3 Å². The van der Waals surface area contributed by atoms with Gasteiger partial charge in [0.15, 0.2) is 11.5 Å². The number of nitrogens with one attached hydrogen (secondary N) is 2.